The summed E-state index contributed by atoms with van der Waals surface area (Å²) in [7, 11) is 0. The minimum absolute atomic E-state index is 0.177. The van der Waals surface area contributed by atoms with E-state index in [-0.39, 0.29) is 23.8 Å². The highest BCUT2D eigenvalue weighted by molar-refractivity contribution is 6.00. The molecule has 1 aliphatic carbocycles. The number of carbonyl (C=O) groups excluding carboxylic acids is 3. The molecule has 37 heavy (non-hydrogen) atoms. The Morgan fingerprint density at radius 1 is 1.11 bits per heavy atom. The standard InChI is InChI=1S/C26H32N6O5/c1-2-28-26(37)30-21-14-18(24(35)29-20(15-23(33)34)19-4-3-9-27-16-19)7-8-22(21)31-10-12-32(13-11-31)25(36)17-5-6-17/h3-4,7-9,14,16-17,20H,2,5-6,10-13,15H2,1H3,(H,29,35)(H,33,34)(H2,28,30,37). The summed E-state index contributed by atoms with van der Waals surface area (Å²) in [5.74, 6) is -1.13. The molecule has 4 amide bonds. The predicted octanol–water partition coefficient (Wildman–Crippen LogP) is 2.23. The van der Waals surface area contributed by atoms with Crippen molar-refractivity contribution in [2.75, 3.05) is 42.9 Å². The lowest BCUT2D eigenvalue weighted by atomic mass is 10.0. The summed E-state index contributed by atoms with van der Waals surface area (Å²) in [6.07, 6.45) is 4.73. The molecule has 2 aliphatic rings. The summed E-state index contributed by atoms with van der Waals surface area (Å²) in [5.41, 5.74) is 2.05. The first-order valence-electron chi connectivity index (χ1n) is 12.5. The number of anilines is 2. The van der Waals surface area contributed by atoms with Gasteiger partial charge in [0.25, 0.3) is 5.91 Å². The van der Waals surface area contributed by atoms with E-state index in [0.717, 1.165) is 18.5 Å². The first kappa shape index (κ1) is 25.9. The van der Waals surface area contributed by atoms with Gasteiger partial charge in [-0.1, -0.05) is 6.07 Å². The fourth-order valence-corrected chi connectivity index (χ4v) is 4.39. The van der Waals surface area contributed by atoms with Gasteiger partial charge < -0.3 is 30.9 Å². The normalized spacial score (nSPS) is 16.0. The number of aromatic nitrogens is 1. The molecule has 1 atom stereocenters. The van der Waals surface area contributed by atoms with E-state index in [1.807, 2.05) is 11.8 Å². The first-order chi connectivity index (χ1) is 17.9. The van der Waals surface area contributed by atoms with Crippen molar-refractivity contribution in [3.05, 3.63) is 53.9 Å². The third-order valence-corrected chi connectivity index (χ3v) is 6.47. The van der Waals surface area contributed by atoms with Crippen molar-refractivity contribution < 1.29 is 24.3 Å². The molecule has 4 N–H and O–H groups in total. The third kappa shape index (κ3) is 6.75. The van der Waals surface area contributed by atoms with E-state index >= 15 is 0 Å². The number of piperazine rings is 1. The molecule has 1 saturated heterocycles. The summed E-state index contributed by atoms with van der Waals surface area (Å²) >= 11 is 0. The summed E-state index contributed by atoms with van der Waals surface area (Å²) in [6, 6.07) is 7.22. The molecule has 1 aliphatic heterocycles. The number of carboxylic acids is 1. The van der Waals surface area contributed by atoms with Crippen molar-refractivity contribution in [3.8, 4) is 0 Å². The van der Waals surface area contributed by atoms with Crippen LogP contribution in [0, 0.1) is 5.92 Å². The van der Waals surface area contributed by atoms with Crippen LogP contribution in [0.25, 0.3) is 0 Å². The van der Waals surface area contributed by atoms with Gasteiger partial charge in [-0.05, 0) is 49.6 Å². The molecular weight excluding hydrogens is 476 g/mol. The minimum Gasteiger partial charge on any atom is -0.481 e. The molecule has 1 aromatic heterocycles. The number of carboxylic acid groups (broad SMARTS) is 1. The summed E-state index contributed by atoms with van der Waals surface area (Å²) < 4.78 is 0. The van der Waals surface area contributed by atoms with Crippen LogP contribution in [-0.4, -0.2) is 71.5 Å². The van der Waals surface area contributed by atoms with Gasteiger partial charge in [-0.3, -0.25) is 19.4 Å². The van der Waals surface area contributed by atoms with Crippen molar-refractivity contribution >= 4 is 35.2 Å². The highest BCUT2D eigenvalue weighted by atomic mass is 16.4. The topological polar surface area (TPSA) is 144 Å². The van der Waals surface area contributed by atoms with Crippen LogP contribution in [0.5, 0.6) is 0 Å². The number of nitrogens with zero attached hydrogens (tertiary/aromatic N) is 3. The van der Waals surface area contributed by atoms with Crippen LogP contribution in [0.3, 0.4) is 0 Å². The minimum atomic E-state index is -1.05. The van der Waals surface area contributed by atoms with Gasteiger partial charge in [0.1, 0.15) is 0 Å². The molecule has 11 nitrogen and oxygen atoms in total. The van der Waals surface area contributed by atoms with E-state index in [9.17, 15) is 24.3 Å². The molecule has 11 heteroatoms. The van der Waals surface area contributed by atoms with Crippen LogP contribution < -0.4 is 20.9 Å². The largest absolute Gasteiger partial charge is 0.481 e. The SMILES string of the molecule is CCNC(=O)Nc1cc(C(=O)NC(CC(=O)O)c2cccnc2)ccc1N1CCN(C(=O)C2CC2)CC1. The quantitative estimate of drug-likeness (QED) is 0.407. The van der Waals surface area contributed by atoms with Gasteiger partial charge in [0, 0.05) is 56.6 Å². The molecule has 1 aromatic carbocycles. The van der Waals surface area contributed by atoms with Crippen LogP contribution in [-0.2, 0) is 9.59 Å². The molecule has 0 radical (unpaired) electrons. The lowest BCUT2D eigenvalue weighted by Gasteiger charge is -2.37. The Bertz CT molecular complexity index is 1150. The van der Waals surface area contributed by atoms with Crippen LogP contribution in [0.4, 0.5) is 16.2 Å². The number of carbonyl (C=O) groups is 4. The van der Waals surface area contributed by atoms with Gasteiger partial charge in [0.2, 0.25) is 5.91 Å². The molecule has 4 rings (SSSR count). The molecular formula is C26H32N6O5. The Kier molecular flexibility index (Phi) is 8.22. The lowest BCUT2D eigenvalue weighted by Crippen LogP contribution is -2.49. The van der Waals surface area contributed by atoms with E-state index in [4.69, 9.17) is 0 Å². The van der Waals surface area contributed by atoms with E-state index in [1.54, 1.807) is 36.5 Å². The molecule has 2 fully saturated rings. The number of hydrogen-bond donors (Lipinski definition) is 4. The molecule has 2 aromatic rings. The van der Waals surface area contributed by atoms with Crippen LogP contribution in [0.1, 0.15) is 48.1 Å². The van der Waals surface area contributed by atoms with E-state index < -0.39 is 23.9 Å². The van der Waals surface area contributed by atoms with Crippen molar-refractivity contribution in [1.82, 2.24) is 20.5 Å². The Hall–Kier alpha value is -4.15. The second kappa shape index (κ2) is 11.7. The average molecular weight is 509 g/mol. The molecule has 2 heterocycles. The maximum absolute atomic E-state index is 13.1. The van der Waals surface area contributed by atoms with Crippen molar-refractivity contribution in [1.29, 1.82) is 0 Å². The zero-order chi connectivity index (χ0) is 26.4. The maximum Gasteiger partial charge on any atom is 0.319 e. The number of rotatable bonds is 9. The summed E-state index contributed by atoms with van der Waals surface area (Å²) in [6.45, 7) is 4.65. The number of aliphatic carboxylic acids is 1. The monoisotopic (exact) mass is 508 g/mol. The fourth-order valence-electron chi connectivity index (χ4n) is 4.39. The number of nitrogens with one attached hydrogen (secondary N) is 3. The van der Waals surface area contributed by atoms with Crippen LogP contribution in [0.2, 0.25) is 0 Å². The molecule has 196 valence electrons. The highest BCUT2D eigenvalue weighted by Crippen LogP contribution is 2.33. The fraction of sp³-hybridized carbons (Fsp3) is 0.423. The Labute approximate surface area is 215 Å². The van der Waals surface area contributed by atoms with Gasteiger partial charge in [-0.2, -0.15) is 0 Å². The van der Waals surface area contributed by atoms with E-state index in [2.05, 4.69) is 25.8 Å². The van der Waals surface area contributed by atoms with Gasteiger partial charge in [0.05, 0.1) is 23.8 Å². The highest BCUT2D eigenvalue weighted by Gasteiger charge is 2.35. The number of urea groups is 1. The van der Waals surface area contributed by atoms with Gasteiger partial charge in [0.15, 0.2) is 0 Å². The van der Waals surface area contributed by atoms with E-state index in [0.29, 0.717) is 44.0 Å². The van der Waals surface area contributed by atoms with Crippen LogP contribution in [0.15, 0.2) is 42.7 Å². The number of amides is 4. The average Bonchev–Trinajstić information content (AvgIpc) is 3.74. The molecule has 1 unspecified atom stereocenters. The second-order valence-corrected chi connectivity index (χ2v) is 9.21. The number of benzene rings is 1. The van der Waals surface area contributed by atoms with Gasteiger partial charge >= 0.3 is 12.0 Å². The maximum atomic E-state index is 13.1. The first-order valence-corrected chi connectivity index (χ1v) is 12.5. The molecule has 0 bridgehead atoms. The Morgan fingerprint density at radius 2 is 1.86 bits per heavy atom. The number of pyridine rings is 1. The zero-order valence-corrected chi connectivity index (χ0v) is 20.8. The Balaban J connectivity index is 1.53. The zero-order valence-electron chi connectivity index (χ0n) is 20.8. The lowest BCUT2D eigenvalue weighted by molar-refractivity contribution is -0.137. The van der Waals surface area contributed by atoms with Crippen molar-refractivity contribution in [3.63, 3.8) is 0 Å². The summed E-state index contributed by atoms with van der Waals surface area (Å²) in [5, 5.41) is 17.6. The van der Waals surface area contributed by atoms with Gasteiger partial charge in [-0.25, -0.2) is 4.79 Å². The van der Waals surface area contributed by atoms with Crippen molar-refractivity contribution in [2.24, 2.45) is 5.92 Å². The Morgan fingerprint density at radius 3 is 2.49 bits per heavy atom. The molecule has 0 spiro atoms. The number of hydrogen-bond acceptors (Lipinski definition) is 6. The van der Waals surface area contributed by atoms with E-state index in [1.165, 1.54) is 6.20 Å². The summed E-state index contributed by atoms with van der Waals surface area (Å²) in [4.78, 5) is 57.3. The smallest absolute Gasteiger partial charge is 0.319 e. The van der Waals surface area contributed by atoms with Crippen LogP contribution >= 0.6 is 0 Å². The van der Waals surface area contributed by atoms with Crippen molar-refractivity contribution in [2.45, 2.75) is 32.2 Å². The second-order valence-electron chi connectivity index (χ2n) is 9.21. The molecule has 1 saturated carbocycles. The predicted molar refractivity (Wildman–Crippen MR) is 137 cm³/mol. The van der Waals surface area contributed by atoms with Gasteiger partial charge in [-0.15, -0.1) is 0 Å². The third-order valence-electron chi connectivity index (χ3n) is 6.47.